The van der Waals surface area contributed by atoms with Gasteiger partial charge in [-0.15, -0.1) is 0 Å². The van der Waals surface area contributed by atoms with Crippen molar-refractivity contribution in [1.82, 2.24) is 4.98 Å². The Morgan fingerprint density at radius 2 is 2.05 bits per heavy atom. The van der Waals surface area contributed by atoms with Crippen molar-refractivity contribution < 1.29 is 4.39 Å². The molecule has 0 aliphatic rings. The minimum atomic E-state index is -0.216. The Bertz CT molecular complexity index is 598. The van der Waals surface area contributed by atoms with Crippen LogP contribution in [0.2, 0.25) is 0 Å². The number of hydrogen-bond donors (Lipinski definition) is 1. The fourth-order valence-electron chi connectivity index (χ4n) is 2.40. The summed E-state index contributed by atoms with van der Waals surface area (Å²) in [7, 11) is 0. The average molecular weight is 287 g/mol. The van der Waals surface area contributed by atoms with Gasteiger partial charge in [0.2, 0.25) is 0 Å². The van der Waals surface area contributed by atoms with Gasteiger partial charge in [0.25, 0.3) is 0 Å². The van der Waals surface area contributed by atoms with Gasteiger partial charge in [-0.25, -0.2) is 4.39 Å². The van der Waals surface area contributed by atoms with Crippen LogP contribution >= 0.6 is 0 Å². The number of hydrogen-bond acceptors (Lipinski definition) is 3. The highest BCUT2D eigenvalue weighted by atomic mass is 19.1. The van der Waals surface area contributed by atoms with E-state index in [-0.39, 0.29) is 5.82 Å². The third-order valence-electron chi connectivity index (χ3n) is 3.42. The maximum Gasteiger partial charge on any atom is 0.125 e. The fourth-order valence-corrected chi connectivity index (χ4v) is 2.40. The van der Waals surface area contributed by atoms with Gasteiger partial charge in [0.15, 0.2) is 0 Å². The summed E-state index contributed by atoms with van der Waals surface area (Å²) in [6, 6.07) is 11.1. The average Bonchev–Trinajstić information content (AvgIpc) is 2.44. The van der Waals surface area contributed by atoms with Crippen molar-refractivity contribution >= 4 is 5.69 Å². The molecule has 0 unspecified atom stereocenters. The van der Waals surface area contributed by atoms with Crippen molar-refractivity contribution in [2.24, 2.45) is 5.73 Å². The smallest absolute Gasteiger partial charge is 0.125 e. The number of anilines is 1. The molecule has 2 aromatic rings. The second-order valence-corrected chi connectivity index (χ2v) is 5.14. The number of aromatic nitrogens is 1. The maximum atomic E-state index is 13.8. The Labute approximate surface area is 125 Å². The molecule has 1 heterocycles. The molecule has 4 heteroatoms. The van der Waals surface area contributed by atoms with Crippen LogP contribution in [-0.4, -0.2) is 18.1 Å². The number of halogens is 1. The van der Waals surface area contributed by atoms with Gasteiger partial charge in [-0.3, -0.25) is 4.98 Å². The van der Waals surface area contributed by atoms with E-state index in [0.717, 1.165) is 29.2 Å². The molecule has 2 N–H and O–H groups in total. The predicted molar refractivity (Wildman–Crippen MR) is 84.9 cm³/mol. The molecule has 0 saturated heterocycles. The SMILES string of the molecule is CCN(Cc1cccc(C)n1)c1cc(F)cc(CCN)c1. The first-order valence-corrected chi connectivity index (χ1v) is 7.29. The summed E-state index contributed by atoms with van der Waals surface area (Å²) in [5.74, 6) is -0.216. The van der Waals surface area contributed by atoms with Gasteiger partial charge in [-0.05, 0) is 62.7 Å². The van der Waals surface area contributed by atoms with Crippen molar-refractivity contribution in [2.45, 2.75) is 26.8 Å². The zero-order chi connectivity index (χ0) is 15.2. The van der Waals surface area contributed by atoms with Crippen LogP contribution in [0, 0.1) is 12.7 Å². The molecule has 0 atom stereocenters. The number of pyridine rings is 1. The lowest BCUT2D eigenvalue weighted by Gasteiger charge is -2.23. The predicted octanol–water partition coefficient (Wildman–Crippen LogP) is 3.06. The molecule has 112 valence electrons. The van der Waals surface area contributed by atoms with Gasteiger partial charge in [-0.2, -0.15) is 0 Å². The molecule has 21 heavy (non-hydrogen) atoms. The standard InChI is InChI=1S/C17H22FN3/c1-3-21(12-16-6-4-5-13(2)20-16)17-10-14(7-8-19)9-15(18)11-17/h4-6,9-11H,3,7-8,12,19H2,1-2H3. The summed E-state index contributed by atoms with van der Waals surface area (Å²) >= 11 is 0. The normalized spacial score (nSPS) is 10.7. The van der Waals surface area contributed by atoms with Crippen molar-refractivity contribution in [3.8, 4) is 0 Å². The summed E-state index contributed by atoms with van der Waals surface area (Å²) < 4.78 is 13.8. The molecule has 0 fully saturated rings. The number of rotatable bonds is 6. The molecule has 1 aromatic heterocycles. The molecule has 0 radical (unpaired) electrons. The third-order valence-corrected chi connectivity index (χ3v) is 3.42. The quantitative estimate of drug-likeness (QED) is 0.888. The van der Waals surface area contributed by atoms with Crippen molar-refractivity contribution in [3.63, 3.8) is 0 Å². The van der Waals surface area contributed by atoms with Crippen LogP contribution in [0.15, 0.2) is 36.4 Å². The van der Waals surface area contributed by atoms with Gasteiger partial charge in [-0.1, -0.05) is 6.07 Å². The van der Waals surface area contributed by atoms with E-state index in [9.17, 15) is 4.39 Å². The molecule has 0 spiro atoms. The van der Waals surface area contributed by atoms with Gasteiger partial charge in [0, 0.05) is 17.9 Å². The maximum absolute atomic E-state index is 13.8. The summed E-state index contributed by atoms with van der Waals surface area (Å²) in [5, 5.41) is 0. The Hall–Kier alpha value is -1.94. The number of aryl methyl sites for hydroxylation is 1. The second-order valence-electron chi connectivity index (χ2n) is 5.14. The van der Waals surface area contributed by atoms with Gasteiger partial charge >= 0.3 is 0 Å². The molecular formula is C17H22FN3. The first kappa shape index (κ1) is 15.4. The molecule has 1 aromatic carbocycles. The van der Waals surface area contributed by atoms with E-state index < -0.39 is 0 Å². The van der Waals surface area contributed by atoms with Gasteiger partial charge in [0.05, 0.1) is 12.2 Å². The lowest BCUT2D eigenvalue weighted by atomic mass is 10.1. The molecule has 3 nitrogen and oxygen atoms in total. The zero-order valence-electron chi connectivity index (χ0n) is 12.6. The van der Waals surface area contributed by atoms with Gasteiger partial charge < -0.3 is 10.6 Å². The first-order chi connectivity index (χ1) is 10.1. The van der Waals surface area contributed by atoms with E-state index in [1.165, 1.54) is 0 Å². The van der Waals surface area contributed by atoms with E-state index in [4.69, 9.17) is 5.73 Å². The monoisotopic (exact) mass is 287 g/mol. The second kappa shape index (κ2) is 7.18. The summed E-state index contributed by atoms with van der Waals surface area (Å²) in [6.07, 6.45) is 0.686. The van der Waals surface area contributed by atoms with Crippen LogP contribution in [0.4, 0.5) is 10.1 Å². The molecule has 0 aliphatic heterocycles. The highest BCUT2D eigenvalue weighted by molar-refractivity contribution is 5.49. The Kier molecular flexibility index (Phi) is 5.28. The van der Waals surface area contributed by atoms with E-state index in [2.05, 4.69) is 16.8 Å². The highest BCUT2D eigenvalue weighted by Gasteiger charge is 2.09. The van der Waals surface area contributed by atoms with Crippen molar-refractivity contribution in [3.05, 3.63) is 59.2 Å². The third kappa shape index (κ3) is 4.26. The molecule has 0 saturated carbocycles. The fraction of sp³-hybridized carbons (Fsp3) is 0.353. The van der Waals surface area contributed by atoms with E-state index in [1.807, 2.05) is 31.2 Å². The van der Waals surface area contributed by atoms with Crippen molar-refractivity contribution in [1.29, 1.82) is 0 Å². The Balaban J connectivity index is 2.24. The highest BCUT2D eigenvalue weighted by Crippen LogP contribution is 2.20. The van der Waals surface area contributed by atoms with Crippen molar-refractivity contribution in [2.75, 3.05) is 18.0 Å². The topological polar surface area (TPSA) is 42.2 Å². The molecule has 0 bridgehead atoms. The molecule has 0 amide bonds. The van der Waals surface area contributed by atoms with E-state index in [0.29, 0.717) is 19.5 Å². The van der Waals surface area contributed by atoms with Crippen LogP contribution in [0.5, 0.6) is 0 Å². The lowest BCUT2D eigenvalue weighted by molar-refractivity contribution is 0.623. The van der Waals surface area contributed by atoms with E-state index >= 15 is 0 Å². The van der Waals surface area contributed by atoms with Gasteiger partial charge in [0.1, 0.15) is 5.82 Å². The molecular weight excluding hydrogens is 265 g/mol. The van der Waals surface area contributed by atoms with Crippen LogP contribution in [0.1, 0.15) is 23.9 Å². The summed E-state index contributed by atoms with van der Waals surface area (Å²) in [6.45, 7) is 6.02. The summed E-state index contributed by atoms with van der Waals surface area (Å²) in [4.78, 5) is 6.63. The Morgan fingerprint density at radius 1 is 1.24 bits per heavy atom. The zero-order valence-corrected chi connectivity index (χ0v) is 12.6. The largest absolute Gasteiger partial charge is 0.366 e. The number of benzene rings is 1. The Morgan fingerprint density at radius 3 is 2.71 bits per heavy atom. The van der Waals surface area contributed by atoms with Crippen LogP contribution in [0.3, 0.4) is 0 Å². The lowest BCUT2D eigenvalue weighted by Crippen LogP contribution is -2.23. The molecule has 2 rings (SSSR count). The minimum Gasteiger partial charge on any atom is -0.366 e. The number of nitrogens with zero attached hydrogens (tertiary/aromatic N) is 2. The van der Waals surface area contributed by atoms with Crippen LogP contribution in [-0.2, 0) is 13.0 Å². The summed E-state index contributed by atoms with van der Waals surface area (Å²) in [5.41, 5.74) is 9.36. The first-order valence-electron chi connectivity index (χ1n) is 7.29. The van der Waals surface area contributed by atoms with E-state index in [1.54, 1.807) is 12.1 Å². The van der Waals surface area contributed by atoms with Crippen LogP contribution < -0.4 is 10.6 Å². The number of nitrogens with two attached hydrogens (primary N) is 1. The molecule has 0 aliphatic carbocycles. The van der Waals surface area contributed by atoms with Crippen LogP contribution in [0.25, 0.3) is 0 Å². The minimum absolute atomic E-state index is 0.216.